The predicted molar refractivity (Wildman–Crippen MR) is 198 cm³/mol. The van der Waals surface area contributed by atoms with Gasteiger partial charge in [0.25, 0.3) is 5.91 Å². The van der Waals surface area contributed by atoms with Crippen LogP contribution in [0.4, 0.5) is 10.5 Å². The minimum absolute atomic E-state index is 0.0551. The van der Waals surface area contributed by atoms with E-state index in [1.165, 1.54) is 12.1 Å². The molecule has 1 unspecified atom stereocenters. The highest BCUT2D eigenvalue weighted by Crippen LogP contribution is 2.31. The standard InChI is InChI=1S/C40H43N5O6/c1-40(51-39(50)43-33-10-6-5-9-30(33)28-7-3-2-4-8-28)19-22-45(23-20-40)24-21-42-38(49)29-13-11-27(12-14-29)25-41-26-35(47)31-15-17-34(46)37-32(31)16-18-36(48)44-37/h2-18,35,41,46-47H,19-26H2,1H3,(H,42,49)(H,43,50)(H,44,48). The lowest BCUT2D eigenvalue weighted by Gasteiger charge is -2.38. The van der Waals surface area contributed by atoms with Crippen molar-refractivity contribution in [2.45, 2.75) is 38.0 Å². The maximum atomic E-state index is 12.9. The van der Waals surface area contributed by atoms with E-state index in [9.17, 15) is 24.6 Å². The lowest BCUT2D eigenvalue weighted by molar-refractivity contribution is -0.0158. The number of H-pyrrole nitrogens is 1. The van der Waals surface area contributed by atoms with Gasteiger partial charge >= 0.3 is 6.09 Å². The molecule has 0 bridgehead atoms. The zero-order chi connectivity index (χ0) is 35.8. The summed E-state index contributed by atoms with van der Waals surface area (Å²) < 4.78 is 5.93. The van der Waals surface area contributed by atoms with E-state index in [-0.39, 0.29) is 23.8 Å². The Hall–Kier alpha value is -5.49. The summed E-state index contributed by atoms with van der Waals surface area (Å²) in [6.45, 7) is 5.38. The Morgan fingerprint density at radius 1 is 0.922 bits per heavy atom. The van der Waals surface area contributed by atoms with E-state index in [0.29, 0.717) is 60.2 Å². The Labute approximate surface area is 296 Å². The fourth-order valence-electron chi connectivity index (χ4n) is 6.39. The average molecular weight is 690 g/mol. The monoisotopic (exact) mass is 689 g/mol. The Morgan fingerprint density at radius 2 is 1.65 bits per heavy atom. The normalized spacial score (nSPS) is 14.9. The second-order valence-corrected chi connectivity index (χ2v) is 13.1. The highest BCUT2D eigenvalue weighted by Gasteiger charge is 2.34. The molecule has 6 rings (SSSR count). The van der Waals surface area contributed by atoms with Crippen LogP contribution in [0.2, 0.25) is 0 Å². The molecule has 0 saturated carbocycles. The van der Waals surface area contributed by atoms with Crippen molar-refractivity contribution in [1.82, 2.24) is 20.5 Å². The van der Waals surface area contributed by atoms with Gasteiger partial charge in [-0.15, -0.1) is 0 Å². The number of rotatable bonds is 12. The number of ether oxygens (including phenoxy) is 1. The molecule has 0 spiro atoms. The van der Waals surface area contributed by atoms with Crippen molar-refractivity contribution in [3.63, 3.8) is 0 Å². The van der Waals surface area contributed by atoms with Crippen LogP contribution < -0.4 is 21.5 Å². The molecule has 1 aliphatic heterocycles. The SMILES string of the molecule is CC1(OC(=O)Nc2ccccc2-c2ccccc2)CCN(CCNC(=O)c2ccc(CNCC(O)c3ccc(O)c4[nH]c(=O)ccc34)cc2)CC1. The van der Waals surface area contributed by atoms with E-state index in [4.69, 9.17) is 4.74 Å². The van der Waals surface area contributed by atoms with Crippen molar-refractivity contribution in [3.8, 4) is 16.9 Å². The van der Waals surface area contributed by atoms with Crippen molar-refractivity contribution in [3.05, 3.63) is 130 Å². The van der Waals surface area contributed by atoms with Crippen LogP contribution in [0, 0.1) is 0 Å². The largest absolute Gasteiger partial charge is 0.506 e. The summed E-state index contributed by atoms with van der Waals surface area (Å²) in [6, 6.07) is 30.9. The maximum absolute atomic E-state index is 12.9. The fraction of sp³-hybridized carbons (Fsp3) is 0.275. The van der Waals surface area contributed by atoms with Gasteiger partial charge in [0.15, 0.2) is 0 Å². The van der Waals surface area contributed by atoms with Crippen molar-refractivity contribution >= 4 is 28.6 Å². The van der Waals surface area contributed by atoms with Crippen LogP contribution in [-0.2, 0) is 11.3 Å². The molecule has 2 amide bonds. The third kappa shape index (κ3) is 9.01. The number of hydrogen-bond donors (Lipinski definition) is 6. The second-order valence-electron chi connectivity index (χ2n) is 13.1. The number of benzene rings is 4. The summed E-state index contributed by atoms with van der Waals surface area (Å²) in [5.74, 6) is -0.208. The first-order valence-electron chi connectivity index (χ1n) is 17.2. The summed E-state index contributed by atoms with van der Waals surface area (Å²) in [5.41, 5.74) is 4.13. The highest BCUT2D eigenvalue weighted by molar-refractivity contribution is 5.94. The van der Waals surface area contributed by atoms with Gasteiger partial charge in [0.1, 0.15) is 11.4 Å². The second kappa shape index (κ2) is 16.0. The van der Waals surface area contributed by atoms with Crippen LogP contribution in [0.25, 0.3) is 22.0 Å². The lowest BCUT2D eigenvalue weighted by atomic mass is 9.93. The molecule has 2 heterocycles. The van der Waals surface area contributed by atoms with Gasteiger partial charge in [-0.2, -0.15) is 0 Å². The van der Waals surface area contributed by atoms with Crippen molar-refractivity contribution in [2.75, 3.05) is 38.0 Å². The number of aliphatic hydroxyl groups is 1. The molecule has 1 aliphatic rings. The van der Waals surface area contributed by atoms with Crippen LogP contribution in [0.5, 0.6) is 5.75 Å². The first kappa shape index (κ1) is 35.3. The number of piperidine rings is 1. The fourth-order valence-corrected chi connectivity index (χ4v) is 6.39. The number of nitrogens with zero attached hydrogens (tertiary/aromatic N) is 1. The first-order valence-corrected chi connectivity index (χ1v) is 17.2. The summed E-state index contributed by atoms with van der Waals surface area (Å²) in [7, 11) is 0. The molecule has 4 aromatic carbocycles. The van der Waals surface area contributed by atoms with Gasteiger partial charge in [-0.1, -0.05) is 66.7 Å². The van der Waals surface area contributed by atoms with Crippen LogP contribution >= 0.6 is 0 Å². The number of aliphatic hydroxyl groups excluding tert-OH is 1. The molecule has 0 aliphatic carbocycles. The summed E-state index contributed by atoms with van der Waals surface area (Å²) in [4.78, 5) is 42.3. The van der Waals surface area contributed by atoms with Crippen molar-refractivity contribution in [2.24, 2.45) is 0 Å². The Kier molecular flexibility index (Phi) is 11.1. The third-order valence-corrected chi connectivity index (χ3v) is 9.36. The number of aromatic nitrogens is 1. The molecule has 1 aromatic heterocycles. The topological polar surface area (TPSA) is 156 Å². The van der Waals surface area contributed by atoms with Crippen LogP contribution in [0.15, 0.2) is 108 Å². The average Bonchev–Trinajstić information content (AvgIpc) is 3.13. The van der Waals surface area contributed by atoms with Gasteiger partial charge in [-0.3, -0.25) is 14.9 Å². The number of aromatic amines is 1. The number of fused-ring (bicyclic) bond motifs is 1. The molecule has 1 fully saturated rings. The van der Waals surface area contributed by atoms with Crippen LogP contribution in [0.1, 0.15) is 47.4 Å². The molecule has 264 valence electrons. The number of amides is 2. The quantitative estimate of drug-likeness (QED) is 0.0996. The number of aromatic hydroxyl groups is 1. The predicted octanol–water partition coefficient (Wildman–Crippen LogP) is 5.56. The maximum Gasteiger partial charge on any atom is 0.412 e. The third-order valence-electron chi connectivity index (χ3n) is 9.36. The van der Waals surface area contributed by atoms with E-state index in [1.54, 1.807) is 24.3 Å². The number of phenolic OH excluding ortho intramolecular Hbond substituents is 1. The molecule has 6 N–H and O–H groups in total. The Morgan fingerprint density at radius 3 is 2.41 bits per heavy atom. The van der Waals surface area contributed by atoms with Crippen LogP contribution in [-0.4, -0.2) is 70.4 Å². The molecule has 0 radical (unpaired) electrons. The molecule has 11 heteroatoms. The summed E-state index contributed by atoms with van der Waals surface area (Å²) in [5, 5.41) is 30.6. The Bertz CT molecular complexity index is 2020. The summed E-state index contributed by atoms with van der Waals surface area (Å²) >= 11 is 0. The molecule has 51 heavy (non-hydrogen) atoms. The Balaban J connectivity index is 0.902. The first-order chi connectivity index (χ1) is 24.7. The van der Waals surface area contributed by atoms with Crippen molar-refractivity contribution < 1.29 is 24.5 Å². The molecular weight excluding hydrogens is 646 g/mol. The zero-order valence-electron chi connectivity index (χ0n) is 28.5. The highest BCUT2D eigenvalue weighted by atomic mass is 16.6. The number of hydrogen-bond acceptors (Lipinski definition) is 8. The number of carbonyl (C=O) groups excluding carboxylic acids is 2. The van der Waals surface area contributed by atoms with Crippen LogP contribution in [0.3, 0.4) is 0 Å². The van der Waals surface area contributed by atoms with Gasteiger partial charge in [0.05, 0.1) is 17.3 Å². The smallest absolute Gasteiger partial charge is 0.412 e. The number of carbonyl (C=O) groups is 2. The minimum Gasteiger partial charge on any atom is -0.506 e. The molecule has 1 atom stereocenters. The van der Waals surface area contributed by atoms with Gasteiger partial charge in [0.2, 0.25) is 5.56 Å². The van der Waals surface area contributed by atoms with Gasteiger partial charge < -0.3 is 35.5 Å². The van der Waals surface area contributed by atoms with Crippen molar-refractivity contribution in [1.29, 1.82) is 0 Å². The summed E-state index contributed by atoms with van der Waals surface area (Å²) in [6.07, 6.45) is 0.0442. The minimum atomic E-state index is -0.863. The molecular formula is C40H43N5O6. The number of likely N-dealkylation sites (tertiary alicyclic amines) is 1. The lowest BCUT2D eigenvalue weighted by Crippen LogP contribution is -2.47. The number of nitrogens with one attached hydrogen (secondary N) is 4. The number of para-hydroxylation sites is 1. The van der Waals surface area contributed by atoms with Gasteiger partial charge in [-0.05, 0) is 66.8 Å². The van der Waals surface area contributed by atoms with E-state index >= 15 is 0 Å². The molecule has 1 saturated heterocycles. The van der Waals surface area contributed by atoms with E-state index in [2.05, 4.69) is 25.8 Å². The number of pyridine rings is 1. The molecule has 5 aromatic rings. The number of phenols is 1. The van der Waals surface area contributed by atoms with Gasteiger partial charge in [-0.25, -0.2) is 4.79 Å². The van der Waals surface area contributed by atoms with Gasteiger partial charge in [0, 0.05) is 61.8 Å². The van der Waals surface area contributed by atoms with E-state index < -0.39 is 17.8 Å². The van der Waals surface area contributed by atoms with E-state index in [0.717, 1.165) is 29.8 Å². The zero-order valence-corrected chi connectivity index (χ0v) is 28.5. The molecule has 11 nitrogen and oxygen atoms in total. The van der Waals surface area contributed by atoms with E-state index in [1.807, 2.05) is 73.7 Å². The number of anilines is 1.